The Morgan fingerprint density at radius 1 is 0.839 bits per heavy atom. The van der Waals surface area contributed by atoms with E-state index in [4.69, 9.17) is 19.2 Å². The van der Waals surface area contributed by atoms with Crippen molar-refractivity contribution < 1.29 is 28.8 Å². The molecule has 0 aliphatic heterocycles. The lowest BCUT2D eigenvalue weighted by Gasteiger charge is -2.20. The molecular weight excluding hydrogens is 396 g/mol. The van der Waals surface area contributed by atoms with Gasteiger partial charge in [0.1, 0.15) is 26.4 Å². The molecule has 0 atom stereocenters. The van der Waals surface area contributed by atoms with Crippen LogP contribution in [0.25, 0.3) is 0 Å². The smallest absolute Gasteiger partial charge is 0.311 e. The Kier molecular flexibility index (Phi) is 13.7. The van der Waals surface area contributed by atoms with Crippen LogP contribution in [0.2, 0.25) is 0 Å². The number of esters is 2. The van der Waals surface area contributed by atoms with Crippen LogP contribution in [0.4, 0.5) is 0 Å². The molecule has 6 heteroatoms. The van der Waals surface area contributed by atoms with E-state index in [1.54, 1.807) is 0 Å². The predicted octanol–water partition coefficient (Wildman–Crippen LogP) is 5.66. The average Bonchev–Trinajstić information content (AvgIpc) is 2.75. The van der Waals surface area contributed by atoms with Gasteiger partial charge in [0.05, 0.1) is 10.8 Å². The summed E-state index contributed by atoms with van der Waals surface area (Å²) in [4.78, 5) is 32.8. The number of rotatable bonds is 12. The maximum atomic E-state index is 11.6. The first-order valence-corrected chi connectivity index (χ1v) is 10.7. The van der Waals surface area contributed by atoms with Crippen molar-refractivity contribution in [1.82, 2.24) is 0 Å². The number of carbonyl (C=O) groups is 2. The first-order chi connectivity index (χ1) is 14.5. The molecule has 1 rings (SSSR count). The van der Waals surface area contributed by atoms with Crippen molar-refractivity contribution in [2.45, 2.75) is 67.9 Å². The van der Waals surface area contributed by atoms with Crippen LogP contribution >= 0.6 is 0 Å². The van der Waals surface area contributed by atoms with Crippen LogP contribution in [0, 0.1) is 10.8 Å². The molecule has 0 saturated heterocycles. The van der Waals surface area contributed by atoms with E-state index in [-0.39, 0.29) is 30.6 Å². The van der Waals surface area contributed by atoms with Gasteiger partial charge in [0.2, 0.25) is 0 Å². The standard InChI is InChI=1S/C13H18O2.C12H22O4/c1-4-13(2,3)12(14)15-10-11-8-6-5-7-9-11;1-6-12(4,5)11(13)14-7-8-15-16-9-10(2)3/h5-9H,4,10H2,1-3H3;2,6-9H2,1,3-5H3. The van der Waals surface area contributed by atoms with Crippen molar-refractivity contribution in [3.8, 4) is 0 Å². The summed E-state index contributed by atoms with van der Waals surface area (Å²) in [5.41, 5.74) is 1.09. The molecule has 6 nitrogen and oxygen atoms in total. The summed E-state index contributed by atoms with van der Waals surface area (Å²) in [6, 6.07) is 9.72. The molecule has 0 N–H and O–H groups in total. The minimum atomic E-state index is -0.432. The predicted molar refractivity (Wildman–Crippen MR) is 122 cm³/mol. The second-order valence-electron chi connectivity index (χ2n) is 8.71. The van der Waals surface area contributed by atoms with E-state index >= 15 is 0 Å². The Balaban J connectivity index is 0.000000581. The van der Waals surface area contributed by atoms with Crippen LogP contribution in [0.3, 0.4) is 0 Å². The van der Waals surface area contributed by atoms with Crippen LogP contribution in [0.5, 0.6) is 0 Å². The molecule has 1 aromatic carbocycles. The lowest BCUT2D eigenvalue weighted by atomic mass is 9.91. The third kappa shape index (κ3) is 13.0. The van der Waals surface area contributed by atoms with E-state index in [1.165, 1.54) is 0 Å². The van der Waals surface area contributed by atoms with Crippen LogP contribution in [0.15, 0.2) is 42.5 Å². The Bertz CT molecular complexity index is 664. The largest absolute Gasteiger partial charge is 0.463 e. The summed E-state index contributed by atoms with van der Waals surface area (Å²) in [6.07, 6.45) is 1.54. The molecule has 0 unspecified atom stereocenters. The molecule has 0 radical (unpaired) electrons. The zero-order chi connectivity index (χ0) is 23.9. The van der Waals surface area contributed by atoms with Crippen molar-refractivity contribution in [1.29, 1.82) is 0 Å². The molecule has 0 heterocycles. The van der Waals surface area contributed by atoms with Crippen molar-refractivity contribution in [3.05, 3.63) is 48.0 Å². The summed E-state index contributed by atoms with van der Waals surface area (Å²) in [6.45, 7) is 18.1. The molecule has 0 bridgehead atoms. The first kappa shape index (κ1) is 28.8. The molecule has 0 aliphatic carbocycles. The molecule has 176 valence electrons. The highest BCUT2D eigenvalue weighted by Gasteiger charge is 2.27. The minimum absolute atomic E-state index is 0.131. The van der Waals surface area contributed by atoms with E-state index in [0.717, 1.165) is 24.0 Å². The monoisotopic (exact) mass is 436 g/mol. The summed E-state index contributed by atoms with van der Waals surface area (Å²) < 4.78 is 10.3. The van der Waals surface area contributed by atoms with Crippen LogP contribution in [-0.4, -0.2) is 31.8 Å². The Morgan fingerprint density at radius 3 is 1.84 bits per heavy atom. The second kappa shape index (κ2) is 14.8. The zero-order valence-corrected chi connectivity index (χ0v) is 20.3. The molecule has 0 saturated carbocycles. The number of ether oxygens (including phenoxy) is 2. The Labute approximate surface area is 187 Å². The summed E-state index contributed by atoms with van der Waals surface area (Å²) in [5.74, 6) is -0.340. The summed E-state index contributed by atoms with van der Waals surface area (Å²) in [7, 11) is 0. The highest BCUT2D eigenvalue weighted by atomic mass is 17.2. The fourth-order valence-corrected chi connectivity index (χ4v) is 1.77. The highest BCUT2D eigenvalue weighted by molar-refractivity contribution is 5.76. The highest BCUT2D eigenvalue weighted by Crippen LogP contribution is 2.22. The SMILES string of the molecule is C=C(C)COOCCOC(=O)C(C)(C)CC.CCC(C)(C)C(=O)OCc1ccccc1. The van der Waals surface area contributed by atoms with Gasteiger partial charge >= 0.3 is 11.9 Å². The van der Waals surface area contributed by atoms with Gasteiger partial charge in [-0.15, -0.1) is 0 Å². The van der Waals surface area contributed by atoms with E-state index in [1.807, 2.05) is 78.8 Å². The van der Waals surface area contributed by atoms with Gasteiger partial charge < -0.3 is 9.47 Å². The van der Waals surface area contributed by atoms with Crippen molar-refractivity contribution >= 4 is 11.9 Å². The van der Waals surface area contributed by atoms with Gasteiger partial charge in [-0.3, -0.25) is 9.59 Å². The topological polar surface area (TPSA) is 71.1 Å². The van der Waals surface area contributed by atoms with Gasteiger partial charge in [-0.1, -0.05) is 56.3 Å². The van der Waals surface area contributed by atoms with Gasteiger partial charge in [-0.2, -0.15) is 0 Å². The fourth-order valence-electron chi connectivity index (χ4n) is 1.77. The van der Waals surface area contributed by atoms with Crippen molar-refractivity contribution in [2.24, 2.45) is 10.8 Å². The van der Waals surface area contributed by atoms with Crippen LogP contribution < -0.4 is 0 Å². The van der Waals surface area contributed by atoms with Crippen molar-refractivity contribution in [3.63, 3.8) is 0 Å². The lowest BCUT2D eigenvalue weighted by Crippen LogP contribution is -2.27. The molecule has 0 spiro atoms. The third-order valence-corrected chi connectivity index (χ3v) is 4.87. The third-order valence-electron chi connectivity index (χ3n) is 4.87. The van der Waals surface area contributed by atoms with Gasteiger partial charge in [0.15, 0.2) is 0 Å². The van der Waals surface area contributed by atoms with E-state index in [0.29, 0.717) is 13.2 Å². The molecule has 1 aromatic rings. The number of hydrogen-bond donors (Lipinski definition) is 0. The molecule has 31 heavy (non-hydrogen) atoms. The van der Waals surface area contributed by atoms with E-state index in [9.17, 15) is 9.59 Å². The maximum Gasteiger partial charge on any atom is 0.311 e. The van der Waals surface area contributed by atoms with Crippen LogP contribution in [0.1, 0.15) is 66.9 Å². The summed E-state index contributed by atoms with van der Waals surface area (Å²) >= 11 is 0. The molecule has 0 aliphatic rings. The molecular formula is C25H40O6. The quantitative estimate of drug-likeness (QED) is 0.138. The minimum Gasteiger partial charge on any atom is -0.463 e. The average molecular weight is 437 g/mol. The van der Waals surface area contributed by atoms with E-state index in [2.05, 4.69) is 6.58 Å². The molecule has 0 aromatic heterocycles. The molecule has 0 amide bonds. The van der Waals surface area contributed by atoms with Gasteiger partial charge in [-0.25, -0.2) is 9.78 Å². The van der Waals surface area contributed by atoms with Crippen molar-refractivity contribution in [2.75, 3.05) is 19.8 Å². The fraction of sp³-hybridized carbons (Fsp3) is 0.600. The number of hydrogen-bond acceptors (Lipinski definition) is 6. The summed E-state index contributed by atoms with van der Waals surface area (Å²) in [5, 5.41) is 0. The van der Waals surface area contributed by atoms with Gasteiger partial charge in [0.25, 0.3) is 0 Å². The molecule has 0 fully saturated rings. The Hall–Kier alpha value is -2.18. The van der Waals surface area contributed by atoms with Crippen LogP contribution in [-0.2, 0) is 35.4 Å². The lowest BCUT2D eigenvalue weighted by molar-refractivity contribution is -0.292. The maximum absolute atomic E-state index is 11.6. The van der Waals surface area contributed by atoms with Gasteiger partial charge in [0, 0.05) is 0 Å². The van der Waals surface area contributed by atoms with E-state index < -0.39 is 5.41 Å². The van der Waals surface area contributed by atoms with Gasteiger partial charge in [-0.05, 0) is 53.0 Å². The Morgan fingerprint density at radius 2 is 1.35 bits per heavy atom. The number of carbonyl (C=O) groups excluding carboxylic acids is 2. The number of benzene rings is 1. The first-order valence-electron chi connectivity index (χ1n) is 10.7. The second-order valence-corrected chi connectivity index (χ2v) is 8.71. The zero-order valence-electron chi connectivity index (χ0n) is 20.3. The normalized spacial score (nSPS) is 11.2.